The summed E-state index contributed by atoms with van der Waals surface area (Å²) in [5.41, 5.74) is -1.58. The van der Waals surface area contributed by atoms with E-state index >= 15 is 0 Å². The average molecular weight is 431 g/mol. The van der Waals surface area contributed by atoms with E-state index in [2.05, 4.69) is 10.3 Å². The van der Waals surface area contributed by atoms with Gasteiger partial charge in [0.2, 0.25) is 5.91 Å². The van der Waals surface area contributed by atoms with Gasteiger partial charge < -0.3 is 10.2 Å². The number of aromatic nitrogens is 1. The minimum absolute atomic E-state index is 0.0512. The molecule has 162 valence electrons. The zero-order valence-corrected chi connectivity index (χ0v) is 15.9. The lowest BCUT2D eigenvalue weighted by molar-refractivity contribution is -0.138. The van der Waals surface area contributed by atoms with Crippen LogP contribution in [0.3, 0.4) is 0 Å². The monoisotopic (exact) mass is 431 g/mol. The highest BCUT2D eigenvalue weighted by Gasteiger charge is 2.34. The number of carbonyl (C=O) groups is 1. The van der Waals surface area contributed by atoms with Crippen LogP contribution in [0.5, 0.6) is 0 Å². The minimum atomic E-state index is -4.51. The van der Waals surface area contributed by atoms with Gasteiger partial charge in [0.15, 0.2) is 0 Å². The van der Waals surface area contributed by atoms with Gasteiger partial charge in [0.25, 0.3) is 0 Å². The number of hydrogen-bond acceptors (Lipinski definition) is 3. The summed E-state index contributed by atoms with van der Waals surface area (Å²) >= 11 is 0. The molecular weight excluding hydrogens is 412 g/mol. The molecule has 0 atom stereocenters. The number of piperidine rings is 1. The van der Waals surface area contributed by atoms with E-state index in [9.17, 15) is 31.1 Å². The van der Waals surface area contributed by atoms with Crippen molar-refractivity contribution >= 4 is 17.4 Å². The van der Waals surface area contributed by atoms with Crippen LogP contribution in [-0.2, 0) is 17.1 Å². The summed E-state index contributed by atoms with van der Waals surface area (Å²) in [6.07, 6.45) is -7.38. The molecule has 0 unspecified atom stereocenters. The lowest BCUT2D eigenvalue weighted by Crippen LogP contribution is -2.38. The quantitative estimate of drug-likeness (QED) is 0.673. The smallest absolute Gasteiger partial charge is 0.357 e. The molecule has 10 heteroatoms. The Hall–Kier alpha value is -2.78. The number of rotatable bonds is 3. The number of nitrogens with zero attached hydrogens (tertiary/aromatic N) is 2. The van der Waals surface area contributed by atoms with E-state index in [1.54, 1.807) is 4.90 Å². The number of pyridine rings is 1. The Labute approximate surface area is 168 Å². The molecule has 1 aromatic carbocycles. The van der Waals surface area contributed by atoms with Gasteiger partial charge in [-0.2, -0.15) is 26.3 Å². The van der Waals surface area contributed by atoms with E-state index in [-0.39, 0.29) is 17.2 Å². The molecule has 2 heterocycles. The molecule has 0 bridgehead atoms. The van der Waals surface area contributed by atoms with Crippen LogP contribution >= 0.6 is 0 Å². The van der Waals surface area contributed by atoms with Crippen LogP contribution in [0.1, 0.15) is 29.5 Å². The van der Waals surface area contributed by atoms with E-state index in [0.717, 1.165) is 18.3 Å². The Bertz CT molecular complexity index is 900. The summed E-state index contributed by atoms with van der Waals surface area (Å²) in [7, 11) is 0. The third-order valence-corrected chi connectivity index (χ3v) is 5.16. The second kappa shape index (κ2) is 8.16. The average Bonchev–Trinajstić information content (AvgIpc) is 2.68. The Morgan fingerprint density at radius 1 is 1.03 bits per heavy atom. The third kappa shape index (κ3) is 4.85. The fourth-order valence-electron chi connectivity index (χ4n) is 3.42. The van der Waals surface area contributed by atoms with Crippen molar-refractivity contribution in [1.82, 2.24) is 4.98 Å². The Balaban J connectivity index is 1.61. The summed E-state index contributed by atoms with van der Waals surface area (Å²) in [5.74, 6) is -0.405. The molecule has 30 heavy (non-hydrogen) atoms. The second-order valence-electron chi connectivity index (χ2n) is 7.13. The number of alkyl halides is 6. The zero-order chi connectivity index (χ0) is 22.1. The number of amides is 1. The van der Waals surface area contributed by atoms with Crippen LogP contribution in [0, 0.1) is 12.8 Å². The Morgan fingerprint density at radius 3 is 2.23 bits per heavy atom. The normalized spacial score (nSPS) is 15.9. The molecule has 0 aliphatic carbocycles. The first kappa shape index (κ1) is 21.9. The van der Waals surface area contributed by atoms with E-state index < -0.39 is 29.4 Å². The molecule has 1 aromatic heterocycles. The van der Waals surface area contributed by atoms with E-state index in [1.807, 2.05) is 0 Å². The van der Waals surface area contributed by atoms with Crippen molar-refractivity contribution in [3.05, 3.63) is 53.2 Å². The maximum Gasteiger partial charge on any atom is 0.417 e. The summed E-state index contributed by atoms with van der Waals surface area (Å²) in [5, 5.41) is 2.57. The summed E-state index contributed by atoms with van der Waals surface area (Å²) in [6.45, 7) is 2.10. The highest BCUT2D eigenvalue weighted by atomic mass is 19.4. The first-order valence-corrected chi connectivity index (χ1v) is 9.22. The van der Waals surface area contributed by atoms with Gasteiger partial charge in [-0.25, -0.2) is 4.98 Å². The topological polar surface area (TPSA) is 45.2 Å². The predicted octanol–water partition coefficient (Wildman–Crippen LogP) is 5.28. The van der Waals surface area contributed by atoms with Gasteiger partial charge in [-0.3, -0.25) is 4.79 Å². The van der Waals surface area contributed by atoms with Gasteiger partial charge in [-0.1, -0.05) is 6.07 Å². The lowest BCUT2D eigenvalue weighted by Gasteiger charge is -2.32. The summed E-state index contributed by atoms with van der Waals surface area (Å²) in [4.78, 5) is 18.2. The van der Waals surface area contributed by atoms with Crippen molar-refractivity contribution in [2.75, 3.05) is 23.3 Å². The fraction of sp³-hybridized carbons (Fsp3) is 0.400. The van der Waals surface area contributed by atoms with Crippen molar-refractivity contribution in [2.45, 2.75) is 32.1 Å². The first-order valence-electron chi connectivity index (χ1n) is 9.22. The van der Waals surface area contributed by atoms with Crippen LogP contribution in [0.4, 0.5) is 37.8 Å². The van der Waals surface area contributed by atoms with Crippen molar-refractivity contribution in [2.24, 2.45) is 5.92 Å². The van der Waals surface area contributed by atoms with Gasteiger partial charge in [-0.15, -0.1) is 0 Å². The standard InChI is InChI=1S/C20H19F6N3O/c1-12-15(20(24,25)26)3-2-4-16(12)28-18(30)13-7-9-29(10-8-13)17-6-5-14(11-27-17)19(21,22)23/h2-6,11,13H,7-10H2,1H3,(H,28,30). The molecule has 2 aromatic rings. The molecule has 1 aliphatic rings. The first-order chi connectivity index (χ1) is 14.0. The molecule has 1 aliphatic heterocycles. The van der Waals surface area contributed by atoms with Crippen LogP contribution in [0.25, 0.3) is 0 Å². The number of benzene rings is 1. The van der Waals surface area contributed by atoms with Crippen LogP contribution < -0.4 is 10.2 Å². The number of nitrogens with one attached hydrogen (secondary N) is 1. The highest BCUT2D eigenvalue weighted by Crippen LogP contribution is 2.35. The molecule has 4 nitrogen and oxygen atoms in total. The number of hydrogen-bond donors (Lipinski definition) is 1. The lowest BCUT2D eigenvalue weighted by atomic mass is 9.95. The van der Waals surface area contributed by atoms with E-state index in [4.69, 9.17) is 0 Å². The SMILES string of the molecule is Cc1c(NC(=O)C2CCN(c3ccc(C(F)(F)F)cn3)CC2)cccc1C(F)(F)F. The van der Waals surface area contributed by atoms with Crippen molar-refractivity contribution in [3.63, 3.8) is 0 Å². The molecule has 3 rings (SSSR count). The van der Waals surface area contributed by atoms with E-state index in [1.165, 1.54) is 25.1 Å². The van der Waals surface area contributed by atoms with Crippen LogP contribution in [0.15, 0.2) is 36.5 Å². The molecular formula is C20H19F6N3O. The van der Waals surface area contributed by atoms with Gasteiger partial charge >= 0.3 is 12.4 Å². The molecule has 1 N–H and O–H groups in total. The van der Waals surface area contributed by atoms with Crippen LogP contribution in [-0.4, -0.2) is 24.0 Å². The van der Waals surface area contributed by atoms with Gasteiger partial charge in [0.05, 0.1) is 11.1 Å². The highest BCUT2D eigenvalue weighted by molar-refractivity contribution is 5.93. The van der Waals surface area contributed by atoms with Gasteiger partial charge in [-0.05, 0) is 49.6 Å². The second-order valence-corrected chi connectivity index (χ2v) is 7.13. The van der Waals surface area contributed by atoms with Gasteiger partial charge in [0, 0.05) is 30.9 Å². The number of halogens is 6. The Morgan fingerprint density at radius 2 is 1.70 bits per heavy atom. The third-order valence-electron chi connectivity index (χ3n) is 5.16. The number of carbonyl (C=O) groups excluding carboxylic acids is 1. The minimum Gasteiger partial charge on any atom is -0.357 e. The molecule has 1 amide bonds. The number of anilines is 2. The molecule has 0 saturated carbocycles. The fourth-order valence-corrected chi connectivity index (χ4v) is 3.42. The summed E-state index contributed by atoms with van der Waals surface area (Å²) < 4.78 is 77.0. The largest absolute Gasteiger partial charge is 0.417 e. The van der Waals surface area contributed by atoms with Crippen molar-refractivity contribution in [3.8, 4) is 0 Å². The van der Waals surface area contributed by atoms with Gasteiger partial charge in [0.1, 0.15) is 5.82 Å². The predicted molar refractivity (Wildman–Crippen MR) is 99.0 cm³/mol. The molecule has 0 spiro atoms. The maximum absolute atomic E-state index is 13.0. The summed E-state index contributed by atoms with van der Waals surface area (Å²) in [6, 6.07) is 5.86. The zero-order valence-electron chi connectivity index (χ0n) is 15.9. The maximum atomic E-state index is 13.0. The molecule has 0 radical (unpaired) electrons. The Kier molecular flexibility index (Phi) is 5.96. The molecule has 1 saturated heterocycles. The van der Waals surface area contributed by atoms with Crippen molar-refractivity contribution < 1.29 is 31.1 Å². The van der Waals surface area contributed by atoms with Crippen molar-refractivity contribution in [1.29, 1.82) is 0 Å². The van der Waals surface area contributed by atoms with Crippen LogP contribution in [0.2, 0.25) is 0 Å². The van der Waals surface area contributed by atoms with E-state index in [0.29, 0.717) is 31.7 Å². The molecule has 1 fully saturated rings.